The van der Waals surface area contributed by atoms with Crippen LogP contribution in [-0.2, 0) is 28.9 Å². The molecule has 0 radical (unpaired) electrons. The predicted molar refractivity (Wildman–Crippen MR) is 132 cm³/mol. The summed E-state index contributed by atoms with van der Waals surface area (Å²) < 4.78 is 12.3. The highest BCUT2D eigenvalue weighted by molar-refractivity contribution is 6.43. The second-order valence-corrected chi connectivity index (χ2v) is 10.2. The zero-order valence-electron chi connectivity index (χ0n) is 20.0. The molecule has 1 aliphatic heterocycles. The molecule has 34 heavy (non-hydrogen) atoms. The van der Waals surface area contributed by atoms with Crippen LogP contribution in [0.3, 0.4) is 0 Å². The van der Waals surface area contributed by atoms with Gasteiger partial charge in [0.1, 0.15) is 18.3 Å². The lowest BCUT2D eigenvalue weighted by atomic mass is 9.90. The molecule has 2 aromatic carbocycles. The third-order valence-electron chi connectivity index (χ3n) is 7.57. The van der Waals surface area contributed by atoms with Crippen molar-refractivity contribution in [2.75, 3.05) is 20.1 Å². The minimum Gasteiger partial charge on any atom is -0.457 e. The summed E-state index contributed by atoms with van der Waals surface area (Å²) in [6, 6.07) is 14.6. The van der Waals surface area contributed by atoms with Gasteiger partial charge in [-0.05, 0) is 42.9 Å². The molecule has 178 valence electrons. The fraction of sp³-hybridized carbons (Fsp3) is 0.464. The third-order valence-corrected chi connectivity index (χ3v) is 7.57. The van der Waals surface area contributed by atoms with Crippen molar-refractivity contribution in [3.63, 3.8) is 0 Å². The maximum Gasteiger partial charge on any atom is 0.358 e. The standard InChI is InChI=1S/C28H34N3O3/c1-31(19-20-9-5-4-6-10-20)17-15-22(16-18-31)33-28(32)26(29)27-25-23-12-8-3-2-7-11-21(23)13-14-24(25)34-30-27/h4-6,9-10,13-14,22,29H,2-3,7-8,11-12,15-19H2,1H3/q+1. The van der Waals surface area contributed by atoms with Crippen LogP contribution >= 0.6 is 0 Å². The molecule has 2 heterocycles. The first-order chi connectivity index (χ1) is 16.5. The molecular weight excluding hydrogens is 426 g/mol. The number of benzene rings is 2. The number of aromatic nitrogens is 1. The average molecular weight is 461 g/mol. The van der Waals surface area contributed by atoms with Crippen molar-refractivity contribution >= 4 is 22.7 Å². The Morgan fingerprint density at radius 1 is 1.06 bits per heavy atom. The Morgan fingerprint density at radius 2 is 1.79 bits per heavy atom. The van der Waals surface area contributed by atoms with Gasteiger partial charge in [-0.1, -0.05) is 54.4 Å². The van der Waals surface area contributed by atoms with Crippen molar-refractivity contribution in [3.05, 3.63) is 64.8 Å². The number of nitrogens with zero attached hydrogens (tertiary/aromatic N) is 2. The van der Waals surface area contributed by atoms with Crippen molar-refractivity contribution < 1.29 is 18.5 Å². The Bertz CT molecular complexity index is 1180. The van der Waals surface area contributed by atoms with Crippen LogP contribution in [0, 0.1) is 5.41 Å². The number of likely N-dealkylation sites (tertiary alicyclic amines) is 1. The number of carbonyl (C=O) groups is 1. The molecule has 0 amide bonds. The molecule has 5 rings (SSSR count). The van der Waals surface area contributed by atoms with Crippen LogP contribution in [0.5, 0.6) is 0 Å². The summed E-state index contributed by atoms with van der Waals surface area (Å²) in [4.78, 5) is 13.0. The summed E-state index contributed by atoms with van der Waals surface area (Å²) in [7, 11) is 2.27. The largest absolute Gasteiger partial charge is 0.457 e. The van der Waals surface area contributed by atoms with Crippen molar-refractivity contribution in [2.24, 2.45) is 0 Å². The highest BCUT2D eigenvalue weighted by atomic mass is 16.5. The Labute approximate surface area is 201 Å². The molecule has 0 spiro atoms. The van der Waals surface area contributed by atoms with E-state index in [1.165, 1.54) is 36.0 Å². The number of nitrogens with one attached hydrogen (secondary N) is 1. The third kappa shape index (κ3) is 4.78. The number of carbonyl (C=O) groups excluding carboxylic acids is 1. The quantitative estimate of drug-likeness (QED) is 0.322. The molecule has 0 bridgehead atoms. The second kappa shape index (κ2) is 9.71. The summed E-state index contributed by atoms with van der Waals surface area (Å²) in [5.41, 5.74) is 4.60. The predicted octanol–water partition coefficient (Wildman–Crippen LogP) is 5.21. The van der Waals surface area contributed by atoms with E-state index in [9.17, 15) is 4.79 Å². The van der Waals surface area contributed by atoms with Crippen LogP contribution in [0.15, 0.2) is 47.0 Å². The monoisotopic (exact) mass is 460 g/mol. The maximum atomic E-state index is 13.0. The SMILES string of the molecule is C[N+]1(Cc2ccccc2)CCC(OC(=O)C(=N)c2noc3ccc4c(c23)CCCCCC4)CC1. The zero-order chi connectivity index (χ0) is 23.5. The van der Waals surface area contributed by atoms with Gasteiger partial charge in [-0.2, -0.15) is 0 Å². The van der Waals surface area contributed by atoms with Crippen LogP contribution in [0.1, 0.15) is 60.9 Å². The number of quaternary nitrogens is 1. The van der Waals surface area contributed by atoms with Gasteiger partial charge in [-0.15, -0.1) is 0 Å². The molecule has 2 aliphatic rings. The molecule has 0 atom stereocenters. The molecule has 0 saturated carbocycles. The Hall–Kier alpha value is -2.99. The lowest BCUT2D eigenvalue weighted by Gasteiger charge is -2.40. The fourth-order valence-electron chi connectivity index (χ4n) is 5.58. The number of hydrogen-bond donors (Lipinski definition) is 1. The maximum absolute atomic E-state index is 13.0. The van der Waals surface area contributed by atoms with E-state index < -0.39 is 5.97 Å². The number of rotatable bonds is 5. The Morgan fingerprint density at radius 3 is 2.56 bits per heavy atom. The second-order valence-electron chi connectivity index (χ2n) is 10.2. The van der Waals surface area contributed by atoms with E-state index in [0.29, 0.717) is 11.3 Å². The molecule has 1 aromatic heterocycles. The smallest absolute Gasteiger partial charge is 0.358 e. The number of hydrogen-bond acceptors (Lipinski definition) is 5. The minimum absolute atomic E-state index is 0.159. The van der Waals surface area contributed by atoms with Gasteiger partial charge in [-0.3, -0.25) is 5.41 Å². The van der Waals surface area contributed by atoms with Crippen LogP contribution in [-0.4, -0.2) is 47.6 Å². The van der Waals surface area contributed by atoms with Crippen molar-refractivity contribution in [1.82, 2.24) is 5.16 Å². The summed E-state index contributed by atoms with van der Waals surface area (Å²) in [5.74, 6) is -0.595. The molecule has 6 nitrogen and oxygen atoms in total. The number of aryl methyl sites for hydroxylation is 2. The fourth-order valence-corrected chi connectivity index (χ4v) is 5.58. The van der Waals surface area contributed by atoms with Crippen LogP contribution < -0.4 is 0 Å². The van der Waals surface area contributed by atoms with Crippen LogP contribution in [0.25, 0.3) is 11.0 Å². The summed E-state index contributed by atoms with van der Waals surface area (Å²) in [5, 5.41) is 13.6. The summed E-state index contributed by atoms with van der Waals surface area (Å²) in [6.45, 7) is 2.87. The van der Waals surface area contributed by atoms with Crippen molar-refractivity contribution in [3.8, 4) is 0 Å². The number of piperidine rings is 1. The normalized spacial score (nSPS) is 23.0. The average Bonchev–Trinajstić information content (AvgIpc) is 3.25. The highest BCUT2D eigenvalue weighted by Gasteiger charge is 2.33. The molecule has 6 heteroatoms. The first-order valence-electron chi connectivity index (χ1n) is 12.6. The van der Waals surface area contributed by atoms with Gasteiger partial charge in [0.25, 0.3) is 0 Å². The van der Waals surface area contributed by atoms with Crippen LogP contribution in [0.2, 0.25) is 0 Å². The van der Waals surface area contributed by atoms with Crippen molar-refractivity contribution in [1.29, 1.82) is 5.41 Å². The lowest BCUT2D eigenvalue weighted by Crippen LogP contribution is -2.51. The van der Waals surface area contributed by atoms with Gasteiger partial charge in [-0.25, -0.2) is 4.79 Å². The van der Waals surface area contributed by atoms with E-state index in [4.69, 9.17) is 14.7 Å². The molecule has 1 saturated heterocycles. The van der Waals surface area contributed by atoms with Crippen molar-refractivity contribution in [2.45, 2.75) is 64.0 Å². The zero-order valence-corrected chi connectivity index (χ0v) is 20.0. The first-order valence-corrected chi connectivity index (χ1v) is 12.6. The van der Waals surface area contributed by atoms with Gasteiger partial charge >= 0.3 is 5.97 Å². The summed E-state index contributed by atoms with van der Waals surface area (Å²) in [6.07, 6.45) is 8.14. The van der Waals surface area contributed by atoms with E-state index in [1.807, 2.05) is 12.1 Å². The number of fused-ring (bicyclic) bond motifs is 3. The molecule has 3 aromatic rings. The molecule has 1 fully saturated rings. The Kier molecular flexibility index (Phi) is 6.50. The molecule has 1 aliphatic carbocycles. The number of ether oxygens (including phenoxy) is 1. The highest BCUT2D eigenvalue weighted by Crippen LogP contribution is 2.31. The van der Waals surface area contributed by atoms with E-state index in [1.54, 1.807) is 0 Å². The molecule has 0 unspecified atom stereocenters. The number of esters is 1. The van der Waals surface area contributed by atoms with Crippen LogP contribution in [0.4, 0.5) is 0 Å². The van der Waals surface area contributed by atoms with Gasteiger partial charge in [0, 0.05) is 18.4 Å². The molecule has 1 N–H and O–H groups in total. The lowest BCUT2D eigenvalue weighted by molar-refractivity contribution is -0.927. The van der Waals surface area contributed by atoms with E-state index >= 15 is 0 Å². The summed E-state index contributed by atoms with van der Waals surface area (Å²) >= 11 is 0. The van der Waals surface area contributed by atoms with Gasteiger partial charge in [0.2, 0.25) is 0 Å². The first kappa shape index (κ1) is 22.8. The van der Waals surface area contributed by atoms with E-state index in [2.05, 4.69) is 42.5 Å². The molecular formula is C28H34N3O3+. The van der Waals surface area contributed by atoms with E-state index in [-0.39, 0.29) is 11.8 Å². The van der Waals surface area contributed by atoms with Gasteiger partial charge in [0.15, 0.2) is 11.3 Å². The topological polar surface area (TPSA) is 76.2 Å². The van der Waals surface area contributed by atoms with Gasteiger partial charge < -0.3 is 13.7 Å². The van der Waals surface area contributed by atoms with Gasteiger partial charge in [0.05, 0.1) is 25.5 Å². The minimum atomic E-state index is -0.595. The van der Waals surface area contributed by atoms with E-state index in [0.717, 1.165) is 61.6 Å². The Balaban J connectivity index is 1.26.